The number of benzene rings is 1. The highest BCUT2D eigenvalue weighted by Crippen LogP contribution is 2.40. The normalized spacial score (nSPS) is 25.1. The molecule has 26 heavy (non-hydrogen) atoms. The standard InChI is InChI=1S/C21H24N2O3/c24-20(17-10-11-22(14-17)13-15-6-2-1-3-7-15)23-18-9-5-4-8-16(18)12-19(23)21(25)26/h1-3,6-7,10-11,14,16,18-19H,4-5,8-9,12-13H2,(H,25,26)/t16-,18-,19-/m0/s1. The number of likely N-dealkylation sites (tertiary alicyclic amines) is 1. The first-order chi connectivity index (χ1) is 12.6. The lowest BCUT2D eigenvalue weighted by molar-refractivity contribution is -0.141. The van der Waals surface area contributed by atoms with E-state index in [1.54, 1.807) is 11.0 Å². The largest absolute Gasteiger partial charge is 0.480 e. The molecule has 2 aromatic rings. The maximum absolute atomic E-state index is 13.1. The van der Waals surface area contributed by atoms with Gasteiger partial charge in [-0.3, -0.25) is 4.79 Å². The fourth-order valence-electron chi connectivity index (χ4n) is 4.58. The summed E-state index contributed by atoms with van der Waals surface area (Å²) in [6.45, 7) is 0.697. The molecule has 4 rings (SSSR count). The number of carbonyl (C=O) groups is 2. The Labute approximate surface area is 153 Å². The first-order valence-corrected chi connectivity index (χ1v) is 9.38. The molecule has 3 atom stereocenters. The van der Waals surface area contributed by atoms with Gasteiger partial charge in [-0.15, -0.1) is 0 Å². The number of carboxylic acids is 1. The number of hydrogen-bond acceptors (Lipinski definition) is 2. The van der Waals surface area contributed by atoms with Crippen LogP contribution in [0.2, 0.25) is 0 Å². The van der Waals surface area contributed by atoms with Crippen LogP contribution in [0.3, 0.4) is 0 Å². The molecule has 2 aliphatic rings. The SMILES string of the molecule is O=C(O)[C@@H]1C[C@@H]2CCCC[C@@H]2N1C(=O)c1ccn(Cc2ccccc2)c1. The van der Waals surface area contributed by atoms with Crippen molar-refractivity contribution in [2.45, 2.75) is 50.7 Å². The number of aromatic nitrogens is 1. The van der Waals surface area contributed by atoms with Gasteiger partial charge in [-0.1, -0.05) is 43.2 Å². The second-order valence-corrected chi connectivity index (χ2v) is 7.47. The zero-order valence-electron chi connectivity index (χ0n) is 14.8. The van der Waals surface area contributed by atoms with E-state index < -0.39 is 12.0 Å². The van der Waals surface area contributed by atoms with Crippen LogP contribution in [-0.4, -0.2) is 38.5 Å². The maximum Gasteiger partial charge on any atom is 0.326 e. The van der Waals surface area contributed by atoms with Gasteiger partial charge in [0.1, 0.15) is 6.04 Å². The molecule has 1 amide bonds. The van der Waals surface area contributed by atoms with E-state index in [1.807, 2.05) is 35.2 Å². The van der Waals surface area contributed by atoms with E-state index in [1.165, 1.54) is 5.56 Å². The van der Waals surface area contributed by atoms with Crippen molar-refractivity contribution in [1.82, 2.24) is 9.47 Å². The Hall–Kier alpha value is -2.56. The van der Waals surface area contributed by atoms with Crippen LogP contribution in [0, 0.1) is 5.92 Å². The summed E-state index contributed by atoms with van der Waals surface area (Å²) in [6, 6.07) is 11.3. The Balaban J connectivity index is 1.55. The number of nitrogens with zero attached hydrogens (tertiary/aromatic N) is 2. The number of fused-ring (bicyclic) bond motifs is 1. The van der Waals surface area contributed by atoms with Crippen LogP contribution in [0.25, 0.3) is 0 Å². The molecule has 5 nitrogen and oxygen atoms in total. The zero-order valence-corrected chi connectivity index (χ0v) is 14.8. The highest BCUT2D eigenvalue weighted by Gasteiger charge is 2.47. The molecule has 2 heterocycles. The van der Waals surface area contributed by atoms with Crippen LogP contribution in [0.5, 0.6) is 0 Å². The summed E-state index contributed by atoms with van der Waals surface area (Å²) < 4.78 is 1.98. The average Bonchev–Trinajstić information content (AvgIpc) is 3.26. The van der Waals surface area contributed by atoms with Crippen LogP contribution in [-0.2, 0) is 11.3 Å². The molecular weight excluding hydrogens is 328 g/mol. The summed E-state index contributed by atoms with van der Waals surface area (Å²) in [5, 5.41) is 9.63. The first-order valence-electron chi connectivity index (χ1n) is 9.38. The third-order valence-electron chi connectivity index (χ3n) is 5.81. The van der Waals surface area contributed by atoms with E-state index in [9.17, 15) is 14.7 Å². The minimum atomic E-state index is -0.878. The van der Waals surface area contributed by atoms with E-state index in [0.29, 0.717) is 24.4 Å². The zero-order chi connectivity index (χ0) is 18.1. The number of amides is 1. The Morgan fingerprint density at radius 1 is 1.08 bits per heavy atom. The van der Waals surface area contributed by atoms with Crippen LogP contribution in [0.1, 0.15) is 48.0 Å². The third kappa shape index (κ3) is 3.14. The molecular formula is C21H24N2O3. The second-order valence-electron chi connectivity index (χ2n) is 7.47. The molecule has 0 spiro atoms. The Morgan fingerprint density at radius 3 is 2.62 bits per heavy atom. The highest BCUT2D eigenvalue weighted by atomic mass is 16.4. The number of rotatable bonds is 4. The van der Waals surface area contributed by atoms with Gasteiger partial charge >= 0.3 is 5.97 Å². The summed E-state index contributed by atoms with van der Waals surface area (Å²) in [6.07, 6.45) is 8.50. The van der Waals surface area contributed by atoms with Crippen molar-refractivity contribution >= 4 is 11.9 Å². The summed E-state index contributed by atoms with van der Waals surface area (Å²) in [5.74, 6) is -0.685. The predicted octanol–water partition coefficient (Wildman–Crippen LogP) is 3.39. The smallest absolute Gasteiger partial charge is 0.326 e. The third-order valence-corrected chi connectivity index (χ3v) is 5.81. The van der Waals surface area contributed by atoms with Gasteiger partial charge in [-0.25, -0.2) is 4.79 Å². The van der Waals surface area contributed by atoms with Crippen LogP contribution < -0.4 is 0 Å². The van der Waals surface area contributed by atoms with Crippen LogP contribution >= 0.6 is 0 Å². The molecule has 1 saturated carbocycles. The molecule has 1 aliphatic heterocycles. The maximum atomic E-state index is 13.1. The van der Waals surface area contributed by atoms with Gasteiger partial charge in [-0.2, -0.15) is 0 Å². The highest BCUT2D eigenvalue weighted by molar-refractivity contribution is 5.97. The average molecular weight is 352 g/mol. The lowest BCUT2D eigenvalue weighted by Crippen LogP contribution is -2.46. The van der Waals surface area contributed by atoms with Gasteiger partial charge in [0, 0.05) is 25.0 Å². The molecule has 1 aromatic heterocycles. The first kappa shape index (κ1) is 16.9. The molecule has 0 unspecified atom stereocenters. The van der Waals surface area contributed by atoms with Crippen molar-refractivity contribution in [3.8, 4) is 0 Å². The van der Waals surface area contributed by atoms with E-state index >= 15 is 0 Å². The van der Waals surface area contributed by atoms with Crippen LogP contribution in [0.4, 0.5) is 0 Å². The van der Waals surface area contributed by atoms with Crippen molar-refractivity contribution in [2.24, 2.45) is 5.92 Å². The van der Waals surface area contributed by atoms with Crippen molar-refractivity contribution in [1.29, 1.82) is 0 Å². The molecule has 0 radical (unpaired) electrons. The molecule has 5 heteroatoms. The van der Waals surface area contributed by atoms with Crippen molar-refractivity contribution in [3.05, 3.63) is 59.9 Å². The number of hydrogen-bond donors (Lipinski definition) is 1. The van der Waals surface area contributed by atoms with Gasteiger partial charge in [0.15, 0.2) is 0 Å². The molecule has 1 aliphatic carbocycles. The van der Waals surface area contributed by atoms with Gasteiger partial charge in [0.05, 0.1) is 5.56 Å². The number of aliphatic carboxylic acids is 1. The van der Waals surface area contributed by atoms with E-state index in [-0.39, 0.29) is 11.9 Å². The Morgan fingerprint density at radius 2 is 1.85 bits per heavy atom. The van der Waals surface area contributed by atoms with Gasteiger partial charge in [0.25, 0.3) is 5.91 Å². The fraction of sp³-hybridized carbons (Fsp3) is 0.429. The number of carboxylic acid groups (broad SMARTS) is 1. The minimum Gasteiger partial charge on any atom is -0.480 e. The van der Waals surface area contributed by atoms with Crippen LogP contribution in [0.15, 0.2) is 48.8 Å². The molecule has 2 fully saturated rings. The predicted molar refractivity (Wildman–Crippen MR) is 97.9 cm³/mol. The minimum absolute atomic E-state index is 0.0785. The molecule has 136 valence electrons. The van der Waals surface area contributed by atoms with Gasteiger partial charge in [0.2, 0.25) is 0 Å². The lowest BCUT2D eigenvalue weighted by atomic mass is 9.84. The molecule has 1 aromatic carbocycles. The van der Waals surface area contributed by atoms with E-state index in [4.69, 9.17) is 0 Å². The Bertz CT molecular complexity index is 799. The quantitative estimate of drug-likeness (QED) is 0.917. The molecule has 1 N–H and O–H groups in total. The summed E-state index contributed by atoms with van der Waals surface area (Å²) in [5.41, 5.74) is 1.75. The summed E-state index contributed by atoms with van der Waals surface area (Å²) >= 11 is 0. The fourth-order valence-corrected chi connectivity index (χ4v) is 4.58. The summed E-state index contributed by atoms with van der Waals surface area (Å²) in [4.78, 5) is 26.5. The van der Waals surface area contributed by atoms with Crippen molar-refractivity contribution < 1.29 is 14.7 Å². The van der Waals surface area contributed by atoms with Crippen molar-refractivity contribution in [3.63, 3.8) is 0 Å². The monoisotopic (exact) mass is 352 g/mol. The Kier molecular flexibility index (Phi) is 4.53. The van der Waals surface area contributed by atoms with Gasteiger partial charge < -0.3 is 14.6 Å². The molecule has 1 saturated heterocycles. The van der Waals surface area contributed by atoms with E-state index in [0.717, 1.165) is 25.7 Å². The topological polar surface area (TPSA) is 62.5 Å². The lowest BCUT2D eigenvalue weighted by Gasteiger charge is -2.32. The summed E-state index contributed by atoms with van der Waals surface area (Å²) in [7, 11) is 0. The second kappa shape index (κ2) is 6.98. The van der Waals surface area contributed by atoms with Gasteiger partial charge in [-0.05, 0) is 36.8 Å². The van der Waals surface area contributed by atoms with Crippen molar-refractivity contribution in [2.75, 3.05) is 0 Å². The number of carbonyl (C=O) groups excluding carboxylic acids is 1. The molecule has 0 bridgehead atoms. The van der Waals surface area contributed by atoms with E-state index in [2.05, 4.69) is 12.1 Å².